The standard InChI is InChI=1S/C17H29NO2/c1-3-10-18-14-16-13-15(2)8-9-17(16)20-12-7-5-4-6-11-19/h8-9,13,18-19H,3-7,10-12,14H2,1-2H3. The lowest BCUT2D eigenvalue weighted by Crippen LogP contribution is -2.15. The Morgan fingerprint density at radius 2 is 1.95 bits per heavy atom. The van der Waals surface area contributed by atoms with Crippen LogP contribution in [0.4, 0.5) is 0 Å². The average molecular weight is 279 g/mol. The van der Waals surface area contributed by atoms with Crippen LogP contribution in [0.25, 0.3) is 0 Å². The minimum atomic E-state index is 0.298. The van der Waals surface area contributed by atoms with Gasteiger partial charge in [0.15, 0.2) is 0 Å². The summed E-state index contributed by atoms with van der Waals surface area (Å²) in [7, 11) is 0. The van der Waals surface area contributed by atoms with E-state index in [-0.39, 0.29) is 0 Å². The number of hydrogen-bond acceptors (Lipinski definition) is 3. The van der Waals surface area contributed by atoms with Gasteiger partial charge in [0.25, 0.3) is 0 Å². The van der Waals surface area contributed by atoms with Crippen LogP contribution in [-0.2, 0) is 6.54 Å². The molecule has 0 saturated heterocycles. The van der Waals surface area contributed by atoms with Crippen LogP contribution in [0.2, 0.25) is 0 Å². The fourth-order valence-electron chi connectivity index (χ4n) is 2.14. The molecule has 0 aliphatic rings. The molecule has 0 radical (unpaired) electrons. The predicted molar refractivity (Wildman–Crippen MR) is 84.2 cm³/mol. The van der Waals surface area contributed by atoms with Crippen molar-refractivity contribution < 1.29 is 9.84 Å². The number of benzene rings is 1. The number of ether oxygens (including phenoxy) is 1. The van der Waals surface area contributed by atoms with E-state index in [1.54, 1.807) is 0 Å². The largest absolute Gasteiger partial charge is 0.493 e. The smallest absolute Gasteiger partial charge is 0.123 e. The maximum atomic E-state index is 8.73. The highest BCUT2D eigenvalue weighted by atomic mass is 16.5. The summed E-state index contributed by atoms with van der Waals surface area (Å²) in [5.74, 6) is 1.00. The zero-order chi connectivity index (χ0) is 14.6. The highest BCUT2D eigenvalue weighted by Crippen LogP contribution is 2.20. The number of hydrogen-bond donors (Lipinski definition) is 2. The number of aliphatic hydroxyl groups excluding tert-OH is 1. The van der Waals surface area contributed by atoms with Crippen LogP contribution in [0, 0.1) is 6.92 Å². The normalized spacial score (nSPS) is 10.8. The molecule has 1 aromatic carbocycles. The second kappa shape index (κ2) is 10.7. The molecule has 0 bridgehead atoms. The van der Waals surface area contributed by atoms with Gasteiger partial charge in [0.2, 0.25) is 0 Å². The van der Waals surface area contributed by atoms with Crippen LogP contribution in [0.3, 0.4) is 0 Å². The third kappa shape index (κ3) is 6.92. The molecule has 3 heteroatoms. The number of rotatable bonds is 11. The number of aliphatic hydroxyl groups is 1. The highest BCUT2D eigenvalue weighted by Gasteiger charge is 2.04. The Balaban J connectivity index is 2.38. The van der Waals surface area contributed by atoms with Crippen LogP contribution in [0.5, 0.6) is 5.75 Å². The van der Waals surface area contributed by atoms with Gasteiger partial charge in [-0.25, -0.2) is 0 Å². The van der Waals surface area contributed by atoms with Crippen molar-refractivity contribution in [2.45, 2.75) is 52.5 Å². The van der Waals surface area contributed by atoms with Gasteiger partial charge in [0.1, 0.15) is 5.75 Å². The quantitative estimate of drug-likeness (QED) is 0.610. The summed E-state index contributed by atoms with van der Waals surface area (Å²) >= 11 is 0. The Labute approximate surface area is 123 Å². The van der Waals surface area contributed by atoms with E-state index in [1.165, 1.54) is 11.1 Å². The first-order valence-corrected chi connectivity index (χ1v) is 7.81. The summed E-state index contributed by atoms with van der Waals surface area (Å²) in [5.41, 5.74) is 2.52. The van der Waals surface area contributed by atoms with E-state index in [0.29, 0.717) is 6.61 Å². The predicted octanol–water partition coefficient (Wildman–Crippen LogP) is 3.43. The third-order valence-corrected chi connectivity index (χ3v) is 3.27. The molecule has 0 aromatic heterocycles. The van der Waals surface area contributed by atoms with E-state index >= 15 is 0 Å². The zero-order valence-electron chi connectivity index (χ0n) is 13.0. The molecule has 1 rings (SSSR count). The molecule has 0 atom stereocenters. The summed E-state index contributed by atoms with van der Waals surface area (Å²) < 4.78 is 5.90. The molecule has 0 spiro atoms. The summed E-state index contributed by atoms with van der Waals surface area (Å²) in [6.07, 6.45) is 5.30. The molecule has 0 unspecified atom stereocenters. The molecule has 114 valence electrons. The first-order valence-electron chi connectivity index (χ1n) is 7.81. The van der Waals surface area contributed by atoms with E-state index in [1.807, 2.05) is 0 Å². The highest BCUT2D eigenvalue weighted by molar-refractivity contribution is 5.36. The van der Waals surface area contributed by atoms with Crippen molar-refractivity contribution in [3.63, 3.8) is 0 Å². The van der Waals surface area contributed by atoms with Gasteiger partial charge in [-0.05, 0) is 45.2 Å². The first-order chi connectivity index (χ1) is 9.77. The van der Waals surface area contributed by atoms with Crippen LogP contribution >= 0.6 is 0 Å². The van der Waals surface area contributed by atoms with Crippen molar-refractivity contribution in [1.82, 2.24) is 5.32 Å². The molecular formula is C17H29NO2. The average Bonchev–Trinajstić information content (AvgIpc) is 2.45. The van der Waals surface area contributed by atoms with Gasteiger partial charge in [-0.1, -0.05) is 31.0 Å². The van der Waals surface area contributed by atoms with Crippen molar-refractivity contribution in [1.29, 1.82) is 0 Å². The summed E-state index contributed by atoms with van der Waals surface area (Å²) in [6, 6.07) is 6.38. The van der Waals surface area contributed by atoms with Crippen molar-refractivity contribution in [2.24, 2.45) is 0 Å². The lowest BCUT2D eigenvalue weighted by molar-refractivity contribution is 0.272. The van der Waals surface area contributed by atoms with Crippen molar-refractivity contribution in [3.05, 3.63) is 29.3 Å². The lowest BCUT2D eigenvalue weighted by atomic mass is 10.1. The van der Waals surface area contributed by atoms with Crippen LogP contribution in [0.15, 0.2) is 18.2 Å². The van der Waals surface area contributed by atoms with Gasteiger partial charge < -0.3 is 15.2 Å². The molecule has 3 nitrogen and oxygen atoms in total. The fraction of sp³-hybridized carbons (Fsp3) is 0.647. The van der Waals surface area contributed by atoms with E-state index in [4.69, 9.17) is 9.84 Å². The van der Waals surface area contributed by atoms with E-state index < -0.39 is 0 Å². The Kier molecular flexibility index (Phi) is 9.09. The SMILES string of the molecule is CCCNCc1cc(C)ccc1OCCCCCCO. The maximum absolute atomic E-state index is 8.73. The topological polar surface area (TPSA) is 41.5 Å². The van der Waals surface area contributed by atoms with Gasteiger partial charge in [0.05, 0.1) is 6.61 Å². The number of nitrogens with one attached hydrogen (secondary N) is 1. The second-order valence-corrected chi connectivity index (χ2v) is 5.27. The Bertz CT molecular complexity index is 366. The first kappa shape index (κ1) is 17.0. The van der Waals surface area contributed by atoms with Crippen molar-refractivity contribution in [3.8, 4) is 5.75 Å². The van der Waals surface area contributed by atoms with Crippen molar-refractivity contribution >= 4 is 0 Å². The molecule has 20 heavy (non-hydrogen) atoms. The van der Waals surface area contributed by atoms with Gasteiger partial charge in [0, 0.05) is 18.7 Å². The zero-order valence-corrected chi connectivity index (χ0v) is 13.0. The molecule has 0 fully saturated rings. The van der Waals surface area contributed by atoms with Gasteiger partial charge in [-0.3, -0.25) is 0 Å². The monoisotopic (exact) mass is 279 g/mol. The van der Waals surface area contributed by atoms with Crippen LogP contribution in [-0.4, -0.2) is 24.9 Å². The van der Waals surface area contributed by atoms with E-state index in [0.717, 1.165) is 57.6 Å². The Morgan fingerprint density at radius 1 is 1.15 bits per heavy atom. The Hall–Kier alpha value is -1.06. The van der Waals surface area contributed by atoms with Crippen LogP contribution < -0.4 is 10.1 Å². The molecule has 1 aromatic rings. The molecule has 0 amide bonds. The summed E-state index contributed by atoms with van der Waals surface area (Å²) in [5, 5.41) is 12.2. The molecule has 0 aliphatic carbocycles. The number of aryl methyl sites for hydroxylation is 1. The molecular weight excluding hydrogens is 250 g/mol. The van der Waals surface area contributed by atoms with E-state index in [9.17, 15) is 0 Å². The van der Waals surface area contributed by atoms with Crippen LogP contribution in [0.1, 0.15) is 50.2 Å². The minimum absolute atomic E-state index is 0.298. The minimum Gasteiger partial charge on any atom is -0.493 e. The summed E-state index contributed by atoms with van der Waals surface area (Å²) in [4.78, 5) is 0. The molecule has 0 heterocycles. The molecule has 0 saturated carbocycles. The second-order valence-electron chi connectivity index (χ2n) is 5.27. The third-order valence-electron chi connectivity index (χ3n) is 3.27. The van der Waals surface area contributed by atoms with Crippen molar-refractivity contribution in [2.75, 3.05) is 19.8 Å². The van der Waals surface area contributed by atoms with Gasteiger partial charge in [-0.2, -0.15) is 0 Å². The molecule has 2 N–H and O–H groups in total. The molecule has 0 aliphatic heterocycles. The number of unbranched alkanes of at least 4 members (excludes halogenated alkanes) is 3. The fourth-order valence-corrected chi connectivity index (χ4v) is 2.14. The maximum Gasteiger partial charge on any atom is 0.123 e. The van der Waals surface area contributed by atoms with Gasteiger partial charge >= 0.3 is 0 Å². The Morgan fingerprint density at radius 3 is 2.70 bits per heavy atom. The van der Waals surface area contributed by atoms with E-state index in [2.05, 4.69) is 37.4 Å². The lowest BCUT2D eigenvalue weighted by Gasteiger charge is -2.13. The summed E-state index contributed by atoms with van der Waals surface area (Å²) in [6.45, 7) is 7.25. The van der Waals surface area contributed by atoms with Gasteiger partial charge in [-0.15, -0.1) is 0 Å².